The van der Waals surface area contributed by atoms with Crippen LogP contribution < -0.4 is 10.6 Å². The molecule has 0 spiro atoms. The van der Waals surface area contributed by atoms with Crippen molar-refractivity contribution in [2.45, 2.75) is 38.1 Å². The Labute approximate surface area is 90.3 Å². The van der Waals surface area contributed by atoms with Crippen molar-refractivity contribution < 1.29 is 4.79 Å². The van der Waals surface area contributed by atoms with Gasteiger partial charge in [0.1, 0.15) is 0 Å². The highest BCUT2D eigenvalue weighted by Crippen LogP contribution is 2.45. The second kappa shape index (κ2) is 3.54. The minimum atomic E-state index is 0.202. The van der Waals surface area contributed by atoms with Crippen LogP contribution in [-0.4, -0.2) is 11.9 Å². The molecular weight excluding hydrogens is 188 g/mol. The van der Waals surface area contributed by atoms with Gasteiger partial charge in [0, 0.05) is 18.4 Å². The Morgan fingerprint density at radius 3 is 3.00 bits per heavy atom. The molecule has 3 rings (SSSR count). The van der Waals surface area contributed by atoms with Crippen molar-refractivity contribution in [3.8, 4) is 0 Å². The Morgan fingerprint density at radius 1 is 1.20 bits per heavy atom. The van der Waals surface area contributed by atoms with E-state index in [4.69, 9.17) is 0 Å². The lowest BCUT2D eigenvalue weighted by atomic mass is 9.80. The Kier molecular flexibility index (Phi) is 2.19. The fraction of sp³-hybridized carbons (Fsp3) is 0.750. The fourth-order valence-corrected chi connectivity index (χ4v) is 3.67. The zero-order valence-corrected chi connectivity index (χ0v) is 8.91. The van der Waals surface area contributed by atoms with Crippen LogP contribution in [0.4, 0.5) is 0 Å². The lowest BCUT2D eigenvalue weighted by Gasteiger charge is -2.29. The third kappa shape index (κ3) is 1.45. The van der Waals surface area contributed by atoms with Gasteiger partial charge in [0.05, 0.1) is 5.92 Å². The molecule has 2 aliphatic carbocycles. The number of rotatable bonds is 0. The molecule has 1 heterocycles. The monoisotopic (exact) mass is 206 g/mol. The molecule has 4 unspecified atom stereocenters. The number of fused-ring (bicyclic) bond motifs is 3. The molecule has 0 bridgehead atoms. The van der Waals surface area contributed by atoms with Gasteiger partial charge in [0.2, 0.25) is 5.91 Å². The summed E-state index contributed by atoms with van der Waals surface area (Å²) in [5.74, 6) is 1.94. The maximum atomic E-state index is 11.8. The summed E-state index contributed by atoms with van der Waals surface area (Å²) in [6, 6.07) is 0.397. The number of nitrogens with one attached hydrogen (secondary N) is 2. The molecular formula is C12H18N2O. The van der Waals surface area contributed by atoms with Crippen molar-refractivity contribution in [3.63, 3.8) is 0 Å². The lowest BCUT2D eigenvalue weighted by molar-refractivity contribution is -0.124. The van der Waals surface area contributed by atoms with Gasteiger partial charge in [-0.15, -0.1) is 0 Å². The highest BCUT2D eigenvalue weighted by Gasteiger charge is 2.46. The van der Waals surface area contributed by atoms with Gasteiger partial charge in [-0.2, -0.15) is 0 Å². The molecule has 0 aromatic carbocycles. The van der Waals surface area contributed by atoms with Gasteiger partial charge in [-0.25, -0.2) is 0 Å². The summed E-state index contributed by atoms with van der Waals surface area (Å²) in [5.41, 5.74) is 0. The molecule has 3 aliphatic rings. The summed E-state index contributed by atoms with van der Waals surface area (Å²) < 4.78 is 0. The summed E-state index contributed by atoms with van der Waals surface area (Å²) in [5, 5.41) is 6.25. The highest BCUT2D eigenvalue weighted by atomic mass is 16.1. The van der Waals surface area contributed by atoms with Crippen molar-refractivity contribution in [1.29, 1.82) is 0 Å². The first-order valence-electron chi connectivity index (χ1n) is 6.08. The zero-order valence-electron chi connectivity index (χ0n) is 8.91. The molecule has 1 aliphatic heterocycles. The zero-order chi connectivity index (χ0) is 10.3. The molecule has 3 nitrogen and oxygen atoms in total. The highest BCUT2D eigenvalue weighted by molar-refractivity contribution is 5.81. The van der Waals surface area contributed by atoms with Crippen LogP contribution in [0.5, 0.6) is 0 Å². The van der Waals surface area contributed by atoms with Crippen molar-refractivity contribution in [2.75, 3.05) is 0 Å². The maximum absolute atomic E-state index is 11.8. The lowest BCUT2D eigenvalue weighted by Crippen LogP contribution is -2.39. The largest absolute Gasteiger partial charge is 0.386 e. The molecule has 15 heavy (non-hydrogen) atoms. The van der Waals surface area contributed by atoms with Gasteiger partial charge in [-0.05, 0) is 24.7 Å². The average molecular weight is 206 g/mol. The first-order valence-corrected chi connectivity index (χ1v) is 6.08. The van der Waals surface area contributed by atoms with Crippen molar-refractivity contribution in [3.05, 3.63) is 12.4 Å². The van der Waals surface area contributed by atoms with E-state index >= 15 is 0 Å². The van der Waals surface area contributed by atoms with Crippen LogP contribution in [0.25, 0.3) is 0 Å². The van der Waals surface area contributed by atoms with Crippen LogP contribution in [0.15, 0.2) is 12.4 Å². The average Bonchev–Trinajstić information content (AvgIpc) is 2.54. The molecule has 1 amide bonds. The predicted octanol–water partition coefficient (Wildman–Crippen LogP) is 1.37. The molecule has 2 saturated carbocycles. The maximum Gasteiger partial charge on any atom is 0.229 e. The minimum Gasteiger partial charge on any atom is -0.386 e. The first kappa shape index (κ1) is 9.25. The number of carbonyl (C=O) groups is 1. The molecule has 3 heteroatoms. The molecule has 0 aromatic rings. The van der Waals surface area contributed by atoms with E-state index in [1.54, 1.807) is 6.20 Å². The summed E-state index contributed by atoms with van der Waals surface area (Å²) in [4.78, 5) is 11.8. The molecule has 0 aromatic heterocycles. The Balaban J connectivity index is 1.85. The van der Waals surface area contributed by atoms with Crippen LogP contribution >= 0.6 is 0 Å². The van der Waals surface area contributed by atoms with Crippen LogP contribution in [0.3, 0.4) is 0 Å². The number of amides is 1. The first-order chi connectivity index (χ1) is 7.36. The van der Waals surface area contributed by atoms with Crippen molar-refractivity contribution >= 4 is 5.91 Å². The summed E-state index contributed by atoms with van der Waals surface area (Å²) in [6.07, 6.45) is 10.1. The van der Waals surface area contributed by atoms with Crippen molar-refractivity contribution in [1.82, 2.24) is 10.6 Å². The molecule has 4 atom stereocenters. The molecule has 2 fully saturated rings. The van der Waals surface area contributed by atoms with Crippen LogP contribution in [-0.2, 0) is 4.79 Å². The van der Waals surface area contributed by atoms with E-state index in [0.29, 0.717) is 6.04 Å². The van der Waals surface area contributed by atoms with Gasteiger partial charge in [0.15, 0.2) is 0 Å². The molecule has 0 radical (unpaired) electrons. The van der Waals surface area contributed by atoms with Gasteiger partial charge < -0.3 is 10.6 Å². The van der Waals surface area contributed by atoms with Crippen LogP contribution in [0.2, 0.25) is 0 Å². The van der Waals surface area contributed by atoms with Crippen LogP contribution in [0, 0.1) is 17.8 Å². The molecule has 0 saturated heterocycles. The summed E-state index contributed by atoms with van der Waals surface area (Å²) in [7, 11) is 0. The summed E-state index contributed by atoms with van der Waals surface area (Å²) in [6.45, 7) is 0. The van der Waals surface area contributed by atoms with E-state index in [0.717, 1.165) is 18.3 Å². The number of carbonyl (C=O) groups excluding carboxylic acids is 1. The van der Waals surface area contributed by atoms with Gasteiger partial charge in [-0.1, -0.05) is 19.3 Å². The van der Waals surface area contributed by atoms with Gasteiger partial charge in [0.25, 0.3) is 0 Å². The minimum absolute atomic E-state index is 0.202. The number of hydrogen-bond acceptors (Lipinski definition) is 2. The normalized spacial score (nSPS) is 43.6. The second-order valence-electron chi connectivity index (χ2n) is 5.08. The topological polar surface area (TPSA) is 41.1 Å². The Bertz CT molecular complexity index is 300. The SMILES string of the molecule is O=C1NC=CNC2C1CC1CCCCC12. The Morgan fingerprint density at radius 2 is 2.07 bits per heavy atom. The Hall–Kier alpha value is -0.990. The van der Waals surface area contributed by atoms with E-state index in [-0.39, 0.29) is 11.8 Å². The number of hydrogen-bond donors (Lipinski definition) is 2. The van der Waals surface area contributed by atoms with Crippen molar-refractivity contribution in [2.24, 2.45) is 17.8 Å². The quantitative estimate of drug-likeness (QED) is 0.628. The van der Waals surface area contributed by atoms with Gasteiger partial charge in [-0.3, -0.25) is 4.79 Å². The van der Waals surface area contributed by atoms with Gasteiger partial charge >= 0.3 is 0 Å². The summed E-state index contributed by atoms with van der Waals surface area (Å²) >= 11 is 0. The fourth-order valence-electron chi connectivity index (χ4n) is 3.67. The van der Waals surface area contributed by atoms with Crippen LogP contribution in [0.1, 0.15) is 32.1 Å². The third-order valence-electron chi connectivity index (χ3n) is 4.35. The standard InChI is InChI=1S/C12H18N2O/c15-12-10-7-8-3-1-2-4-9(8)11(10)13-5-6-14-12/h5-6,8-11,13H,1-4,7H2,(H,14,15). The molecule has 82 valence electrons. The van der Waals surface area contributed by atoms with E-state index < -0.39 is 0 Å². The van der Waals surface area contributed by atoms with E-state index in [2.05, 4.69) is 10.6 Å². The third-order valence-corrected chi connectivity index (χ3v) is 4.35. The van der Waals surface area contributed by atoms with E-state index in [1.165, 1.54) is 25.7 Å². The molecule has 2 N–H and O–H groups in total. The second-order valence-corrected chi connectivity index (χ2v) is 5.08. The predicted molar refractivity (Wildman–Crippen MR) is 57.8 cm³/mol. The smallest absolute Gasteiger partial charge is 0.229 e. The van der Waals surface area contributed by atoms with E-state index in [9.17, 15) is 4.79 Å². The van der Waals surface area contributed by atoms with E-state index in [1.807, 2.05) is 6.20 Å².